The van der Waals surface area contributed by atoms with E-state index < -0.39 is 11.9 Å². The first-order valence-corrected chi connectivity index (χ1v) is 8.83. The van der Waals surface area contributed by atoms with Gasteiger partial charge in [-0.25, -0.2) is 9.97 Å². The monoisotopic (exact) mass is 400 g/mol. The molecule has 0 radical (unpaired) electrons. The summed E-state index contributed by atoms with van der Waals surface area (Å²) in [6, 6.07) is 6.69. The van der Waals surface area contributed by atoms with Gasteiger partial charge in [-0.1, -0.05) is 23.7 Å². The van der Waals surface area contributed by atoms with Crippen LogP contribution in [0.1, 0.15) is 17.7 Å². The third kappa shape index (κ3) is 4.44. The summed E-state index contributed by atoms with van der Waals surface area (Å²) in [5.41, 5.74) is 0.0260. The topological polar surface area (TPSA) is 41.5 Å². The molecule has 146 valence electrons. The molecule has 1 unspecified atom stereocenters. The second kappa shape index (κ2) is 7.90. The Morgan fingerprint density at radius 1 is 1.33 bits per heavy atom. The van der Waals surface area contributed by atoms with Crippen molar-refractivity contribution in [2.24, 2.45) is 0 Å². The fraction of sp³-hybridized carbons (Fsp3) is 0.444. The molecule has 1 aliphatic rings. The molecule has 27 heavy (non-hydrogen) atoms. The summed E-state index contributed by atoms with van der Waals surface area (Å²) in [6.45, 7) is 2.17. The van der Waals surface area contributed by atoms with Gasteiger partial charge in [0.1, 0.15) is 23.6 Å². The zero-order chi connectivity index (χ0) is 19.6. The SMILES string of the molecule is COc1cccc(CN2CCC(N(C)c3cc(C(F)(F)F)ncn3)C2)c1Cl. The number of halogens is 4. The van der Waals surface area contributed by atoms with Gasteiger partial charge < -0.3 is 9.64 Å². The van der Waals surface area contributed by atoms with Crippen LogP contribution in [0.2, 0.25) is 5.02 Å². The number of alkyl halides is 3. The summed E-state index contributed by atoms with van der Waals surface area (Å²) in [6.07, 6.45) is -2.70. The fourth-order valence-electron chi connectivity index (χ4n) is 3.23. The molecule has 1 aliphatic heterocycles. The van der Waals surface area contributed by atoms with Crippen LogP contribution in [0.3, 0.4) is 0 Å². The van der Waals surface area contributed by atoms with E-state index in [-0.39, 0.29) is 11.9 Å². The van der Waals surface area contributed by atoms with Crippen molar-refractivity contribution in [3.8, 4) is 5.75 Å². The molecular weight excluding hydrogens is 381 g/mol. The quantitative estimate of drug-likeness (QED) is 0.762. The van der Waals surface area contributed by atoms with Gasteiger partial charge in [0, 0.05) is 38.8 Å². The number of ether oxygens (including phenoxy) is 1. The van der Waals surface area contributed by atoms with Crippen molar-refractivity contribution in [1.82, 2.24) is 14.9 Å². The minimum atomic E-state index is -4.48. The van der Waals surface area contributed by atoms with Crippen molar-refractivity contribution in [2.45, 2.75) is 25.2 Å². The van der Waals surface area contributed by atoms with Crippen LogP contribution < -0.4 is 9.64 Å². The molecular formula is C18H20ClF3N4O. The Morgan fingerprint density at radius 2 is 2.11 bits per heavy atom. The maximum atomic E-state index is 12.9. The Hall–Kier alpha value is -2.06. The number of likely N-dealkylation sites (tertiary alicyclic amines) is 1. The van der Waals surface area contributed by atoms with Crippen molar-refractivity contribution in [2.75, 3.05) is 32.1 Å². The van der Waals surface area contributed by atoms with Crippen LogP contribution >= 0.6 is 11.6 Å². The van der Waals surface area contributed by atoms with Crippen molar-refractivity contribution < 1.29 is 17.9 Å². The minimum Gasteiger partial charge on any atom is -0.495 e. The number of rotatable bonds is 5. The predicted octanol–water partition coefficient (Wildman–Crippen LogP) is 3.87. The molecule has 9 heteroatoms. The molecule has 1 aromatic heterocycles. The third-order valence-corrected chi connectivity index (χ3v) is 5.19. The third-order valence-electron chi connectivity index (χ3n) is 4.76. The first-order chi connectivity index (χ1) is 12.8. The lowest BCUT2D eigenvalue weighted by atomic mass is 10.2. The number of aromatic nitrogens is 2. The molecule has 3 rings (SSSR count). The summed E-state index contributed by atoms with van der Waals surface area (Å²) in [7, 11) is 3.33. The predicted molar refractivity (Wildman–Crippen MR) is 97.1 cm³/mol. The van der Waals surface area contributed by atoms with E-state index in [1.54, 1.807) is 25.1 Å². The molecule has 2 aromatic rings. The fourth-order valence-corrected chi connectivity index (χ4v) is 3.49. The van der Waals surface area contributed by atoms with Crippen molar-refractivity contribution in [1.29, 1.82) is 0 Å². The van der Waals surface area contributed by atoms with E-state index in [9.17, 15) is 13.2 Å². The first-order valence-electron chi connectivity index (χ1n) is 8.45. The van der Waals surface area contributed by atoms with Crippen LogP contribution in [0.25, 0.3) is 0 Å². The van der Waals surface area contributed by atoms with Gasteiger partial charge in [-0.05, 0) is 18.1 Å². The molecule has 1 saturated heterocycles. The summed E-state index contributed by atoms with van der Waals surface area (Å²) in [5.74, 6) is 0.895. The van der Waals surface area contributed by atoms with Crippen LogP contribution in [0.15, 0.2) is 30.6 Å². The van der Waals surface area contributed by atoms with E-state index in [0.717, 1.165) is 30.9 Å². The number of methoxy groups -OCH3 is 1. The van der Waals surface area contributed by atoms with E-state index in [1.165, 1.54) is 0 Å². The second-order valence-electron chi connectivity index (χ2n) is 6.48. The molecule has 2 heterocycles. The number of likely N-dealkylation sites (N-methyl/N-ethyl adjacent to an activating group) is 1. The van der Waals surface area contributed by atoms with Crippen molar-refractivity contribution in [3.05, 3.63) is 46.9 Å². The van der Waals surface area contributed by atoms with Crippen molar-refractivity contribution >= 4 is 17.4 Å². The average molecular weight is 401 g/mol. The van der Waals surface area contributed by atoms with Crippen LogP contribution in [0.5, 0.6) is 5.75 Å². The zero-order valence-corrected chi connectivity index (χ0v) is 15.8. The smallest absolute Gasteiger partial charge is 0.433 e. The highest BCUT2D eigenvalue weighted by atomic mass is 35.5. The molecule has 1 fully saturated rings. The molecule has 0 spiro atoms. The van der Waals surface area contributed by atoms with E-state index in [0.29, 0.717) is 23.9 Å². The lowest BCUT2D eigenvalue weighted by molar-refractivity contribution is -0.141. The Morgan fingerprint density at radius 3 is 2.81 bits per heavy atom. The Kier molecular flexibility index (Phi) is 5.76. The highest BCUT2D eigenvalue weighted by molar-refractivity contribution is 6.32. The summed E-state index contributed by atoms with van der Waals surface area (Å²) < 4.78 is 43.9. The first kappa shape index (κ1) is 19.7. The molecule has 1 aromatic carbocycles. The van der Waals surface area contributed by atoms with Crippen LogP contribution in [-0.2, 0) is 12.7 Å². The highest BCUT2D eigenvalue weighted by Gasteiger charge is 2.34. The number of anilines is 1. The number of nitrogens with zero attached hydrogens (tertiary/aromatic N) is 4. The average Bonchev–Trinajstić information content (AvgIpc) is 3.11. The van der Waals surface area contributed by atoms with Crippen molar-refractivity contribution in [3.63, 3.8) is 0 Å². The van der Waals surface area contributed by atoms with E-state index in [4.69, 9.17) is 16.3 Å². The molecule has 0 amide bonds. The minimum absolute atomic E-state index is 0.0605. The molecule has 0 N–H and O–H groups in total. The Labute approximate surface area is 160 Å². The maximum Gasteiger partial charge on any atom is 0.433 e. The lowest BCUT2D eigenvalue weighted by Gasteiger charge is -2.26. The normalized spacial score (nSPS) is 17.9. The molecule has 0 aliphatic carbocycles. The molecule has 0 bridgehead atoms. The molecule has 1 atom stereocenters. The Balaban J connectivity index is 1.68. The zero-order valence-electron chi connectivity index (χ0n) is 15.0. The Bertz CT molecular complexity index is 802. The summed E-state index contributed by atoms with van der Waals surface area (Å²) >= 11 is 6.36. The van der Waals surface area contributed by atoms with E-state index in [2.05, 4.69) is 14.9 Å². The summed E-state index contributed by atoms with van der Waals surface area (Å²) in [4.78, 5) is 11.3. The highest BCUT2D eigenvalue weighted by Crippen LogP contribution is 2.31. The van der Waals surface area contributed by atoms with Crippen LogP contribution in [0, 0.1) is 0 Å². The van der Waals surface area contributed by atoms with E-state index >= 15 is 0 Å². The summed E-state index contributed by atoms with van der Waals surface area (Å²) in [5, 5.41) is 0.586. The molecule has 0 saturated carbocycles. The second-order valence-corrected chi connectivity index (χ2v) is 6.86. The van der Waals surface area contributed by atoms with Gasteiger partial charge in [-0.15, -0.1) is 0 Å². The lowest BCUT2D eigenvalue weighted by Crippen LogP contribution is -2.35. The van der Waals surface area contributed by atoms with Gasteiger partial charge in [0.25, 0.3) is 0 Å². The van der Waals surface area contributed by atoms with Gasteiger partial charge in [0.15, 0.2) is 0 Å². The largest absolute Gasteiger partial charge is 0.495 e. The van der Waals surface area contributed by atoms with Gasteiger partial charge >= 0.3 is 6.18 Å². The van der Waals surface area contributed by atoms with Crippen LogP contribution in [0.4, 0.5) is 19.0 Å². The number of benzene rings is 1. The number of hydrogen-bond acceptors (Lipinski definition) is 5. The van der Waals surface area contributed by atoms with Gasteiger partial charge in [0.2, 0.25) is 0 Å². The van der Waals surface area contributed by atoms with Gasteiger partial charge in [0.05, 0.1) is 12.1 Å². The van der Waals surface area contributed by atoms with Gasteiger partial charge in [-0.3, -0.25) is 4.90 Å². The number of hydrogen-bond donors (Lipinski definition) is 0. The molecule has 5 nitrogen and oxygen atoms in total. The standard InChI is InChI=1S/C18H20ClF3N4O/c1-25(16-8-15(18(20,21)22)23-11-24-16)13-6-7-26(10-13)9-12-4-3-5-14(27-2)17(12)19/h3-5,8,11,13H,6-7,9-10H2,1-2H3. The van der Waals surface area contributed by atoms with E-state index in [1.807, 2.05) is 12.1 Å². The maximum absolute atomic E-state index is 12.9. The van der Waals surface area contributed by atoms with Crippen LogP contribution in [-0.4, -0.2) is 48.2 Å². The van der Waals surface area contributed by atoms with Gasteiger partial charge in [-0.2, -0.15) is 13.2 Å².